The first kappa shape index (κ1) is 21.3. The molecule has 0 radical (unpaired) electrons. The molecule has 0 amide bonds. The highest BCUT2D eigenvalue weighted by atomic mass is 16.6. The minimum absolute atomic E-state index is 0.0641. The second-order valence-electron chi connectivity index (χ2n) is 6.10. The van der Waals surface area contributed by atoms with Crippen molar-refractivity contribution in [2.45, 2.75) is 38.8 Å². The van der Waals surface area contributed by atoms with E-state index in [1.807, 2.05) is 0 Å². The number of imidazole rings is 1. The summed E-state index contributed by atoms with van der Waals surface area (Å²) in [6.45, 7) is 2.48. The van der Waals surface area contributed by atoms with Crippen molar-refractivity contribution in [1.82, 2.24) is 19.5 Å². The molecule has 2 aromatic rings. The van der Waals surface area contributed by atoms with Crippen molar-refractivity contribution in [3.05, 3.63) is 16.7 Å². The zero-order chi connectivity index (χ0) is 20.8. The monoisotopic (exact) mass is 397 g/mol. The molecule has 0 aliphatic heterocycles. The number of rotatable bonds is 9. The summed E-state index contributed by atoms with van der Waals surface area (Å²) in [6.07, 6.45) is 0.447. The zero-order valence-corrected chi connectivity index (χ0v) is 15.5. The lowest BCUT2D eigenvalue weighted by atomic mass is 10.3. The number of aromatic amines is 1. The minimum Gasteiger partial charge on any atom is -0.460 e. The van der Waals surface area contributed by atoms with Gasteiger partial charge in [-0.05, 0) is 13.8 Å². The van der Waals surface area contributed by atoms with Gasteiger partial charge in [-0.15, -0.1) is 0 Å². The molecule has 2 aromatic heterocycles. The average Bonchev–Trinajstić information content (AvgIpc) is 3.02. The van der Waals surface area contributed by atoms with Crippen molar-refractivity contribution in [3.63, 3.8) is 0 Å². The first-order valence-electron chi connectivity index (χ1n) is 8.35. The third kappa shape index (κ3) is 5.48. The average molecular weight is 397 g/mol. The minimum atomic E-state index is -0.905. The number of nitrogen functional groups attached to an aromatic ring is 1. The molecule has 13 heteroatoms. The molecule has 2 heterocycles. The van der Waals surface area contributed by atoms with Gasteiger partial charge in [-0.2, -0.15) is 4.98 Å². The van der Waals surface area contributed by atoms with Gasteiger partial charge in [0.15, 0.2) is 17.3 Å². The molecular formula is C15H23N7O6. The highest BCUT2D eigenvalue weighted by Crippen LogP contribution is 2.07. The van der Waals surface area contributed by atoms with E-state index in [-0.39, 0.29) is 37.1 Å². The summed E-state index contributed by atoms with van der Waals surface area (Å²) in [5, 5.41) is 0. The Hall–Kier alpha value is -3.03. The van der Waals surface area contributed by atoms with Crippen molar-refractivity contribution < 1.29 is 23.8 Å². The number of nitrogens with zero attached hydrogens (tertiary/aromatic N) is 3. The highest BCUT2D eigenvalue weighted by molar-refractivity contribution is 5.76. The van der Waals surface area contributed by atoms with Gasteiger partial charge in [0.05, 0.1) is 12.9 Å². The van der Waals surface area contributed by atoms with Crippen LogP contribution in [0.1, 0.15) is 13.8 Å². The van der Waals surface area contributed by atoms with Crippen LogP contribution < -0.4 is 22.8 Å². The number of carbonyl (C=O) groups excluding carboxylic acids is 2. The fourth-order valence-electron chi connectivity index (χ4n) is 2.04. The van der Waals surface area contributed by atoms with Crippen LogP contribution in [0.3, 0.4) is 0 Å². The van der Waals surface area contributed by atoms with Crippen molar-refractivity contribution >= 4 is 29.1 Å². The summed E-state index contributed by atoms with van der Waals surface area (Å²) in [4.78, 5) is 45.3. The number of anilines is 1. The summed E-state index contributed by atoms with van der Waals surface area (Å²) in [5.41, 5.74) is 16.3. The summed E-state index contributed by atoms with van der Waals surface area (Å²) in [6, 6.07) is -1.68. The molecule has 0 fully saturated rings. The van der Waals surface area contributed by atoms with E-state index >= 15 is 0 Å². The summed E-state index contributed by atoms with van der Waals surface area (Å²) in [5.74, 6) is -1.40. The molecule has 0 saturated heterocycles. The van der Waals surface area contributed by atoms with E-state index in [1.54, 1.807) is 0 Å². The van der Waals surface area contributed by atoms with Crippen LogP contribution >= 0.6 is 0 Å². The van der Waals surface area contributed by atoms with Crippen LogP contribution in [0.15, 0.2) is 11.1 Å². The summed E-state index contributed by atoms with van der Waals surface area (Å²) in [7, 11) is 0. The Morgan fingerprint density at radius 3 is 2.54 bits per heavy atom. The third-order valence-corrected chi connectivity index (χ3v) is 3.47. The molecule has 28 heavy (non-hydrogen) atoms. The van der Waals surface area contributed by atoms with Gasteiger partial charge in [-0.3, -0.25) is 23.9 Å². The van der Waals surface area contributed by atoms with Gasteiger partial charge < -0.3 is 31.4 Å². The molecule has 154 valence electrons. The summed E-state index contributed by atoms with van der Waals surface area (Å²) < 4.78 is 17.1. The van der Waals surface area contributed by atoms with Gasteiger partial charge in [0.2, 0.25) is 5.95 Å². The Morgan fingerprint density at radius 1 is 1.21 bits per heavy atom. The van der Waals surface area contributed by atoms with Crippen molar-refractivity contribution in [2.75, 3.05) is 18.9 Å². The standard InChI is InChI=1S/C15H23N7O6/c1-7(16)13(24)27-4-9(28-14(25)8(2)17)3-26-6-22-5-19-10-11(22)20-15(18)21-12(10)23/h5,7-9H,3-4,6,16-17H2,1-2H3,(H3,18,20,21,23)/t7-,8-,9?/m0/s1. The number of aromatic nitrogens is 4. The molecule has 13 nitrogen and oxygen atoms in total. The Labute approximate surface area is 159 Å². The normalized spacial score (nSPS) is 14.4. The molecule has 7 N–H and O–H groups in total. The highest BCUT2D eigenvalue weighted by Gasteiger charge is 2.21. The van der Waals surface area contributed by atoms with Gasteiger partial charge in [-0.25, -0.2) is 4.98 Å². The van der Waals surface area contributed by atoms with Crippen LogP contribution in [-0.4, -0.2) is 62.9 Å². The smallest absolute Gasteiger partial charge is 0.323 e. The second-order valence-corrected chi connectivity index (χ2v) is 6.10. The third-order valence-electron chi connectivity index (χ3n) is 3.47. The number of hydrogen-bond donors (Lipinski definition) is 4. The predicted octanol–water partition coefficient (Wildman–Crippen LogP) is -2.17. The Bertz CT molecular complexity index is 891. The zero-order valence-electron chi connectivity index (χ0n) is 15.5. The Morgan fingerprint density at radius 2 is 1.89 bits per heavy atom. The number of H-pyrrole nitrogens is 1. The molecule has 0 spiro atoms. The van der Waals surface area contributed by atoms with Gasteiger partial charge in [0.25, 0.3) is 5.56 Å². The van der Waals surface area contributed by atoms with Crippen molar-refractivity contribution in [3.8, 4) is 0 Å². The van der Waals surface area contributed by atoms with Crippen LogP contribution in [0, 0.1) is 0 Å². The number of hydrogen-bond acceptors (Lipinski definition) is 11. The first-order chi connectivity index (χ1) is 13.2. The molecule has 0 saturated carbocycles. The number of carbonyl (C=O) groups is 2. The number of nitrogens with one attached hydrogen (secondary N) is 1. The lowest BCUT2D eigenvalue weighted by Crippen LogP contribution is -2.38. The summed E-state index contributed by atoms with van der Waals surface area (Å²) >= 11 is 0. The maximum Gasteiger partial charge on any atom is 0.323 e. The molecule has 0 aromatic carbocycles. The maximum absolute atomic E-state index is 11.8. The number of nitrogens with two attached hydrogens (primary N) is 3. The van der Waals surface area contributed by atoms with E-state index in [1.165, 1.54) is 24.7 Å². The largest absolute Gasteiger partial charge is 0.460 e. The lowest BCUT2D eigenvalue weighted by Gasteiger charge is -2.20. The van der Waals surface area contributed by atoms with E-state index < -0.39 is 35.7 Å². The van der Waals surface area contributed by atoms with Crippen LogP contribution in [0.4, 0.5) is 5.95 Å². The van der Waals surface area contributed by atoms with Crippen molar-refractivity contribution in [1.29, 1.82) is 0 Å². The van der Waals surface area contributed by atoms with E-state index in [0.29, 0.717) is 0 Å². The lowest BCUT2D eigenvalue weighted by molar-refractivity contribution is -0.164. The van der Waals surface area contributed by atoms with E-state index in [9.17, 15) is 14.4 Å². The van der Waals surface area contributed by atoms with Crippen LogP contribution in [0.5, 0.6) is 0 Å². The van der Waals surface area contributed by atoms with E-state index in [2.05, 4.69) is 15.0 Å². The number of fused-ring (bicyclic) bond motifs is 1. The molecule has 0 bridgehead atoms. The molecule has 0 aliphatic carbocycles. The van der Waals surface area contributed by atoms with Gasteiger partial charge in [0, 0.05) is 0 Å². The van der Waals surface area contributed by atoms with Gasteiger partial charge in [-0.1, -0.05) is 0 Å². The molecule has 1 unspecified atom stereocenters. The van der Waals surface area contributed by atoms with Gasteiger partial charge >= 0.3 is 11.9 Å². The molecule has 2 rings (SSSR count). The quantitative estimate of drug-likeness (QED) is 0.335. The van der Waals surface area contributed by atoms with E-state index in [0.717, 1.165) is 0 Å². The first-order valence-corrected chi connectivity index (χ1v) is 8.35. The maximum atomic E-state index is 11.8. The number of ether oxygens (including phenoxy) is 3. The predicted molar refractivity (Wildman–Crippen MR) is 96.7 cm³/mol. The topological polar surface area (TPSA) is 203 Å². The molecule has 0 aliphatic rings. The van der Waals surface area contributed by atoms with Crippen LogP contribution in [0.25, 0.3) is 11.2 Å². The second kappa shape index (κ2) is 9.25. The van der Waals surface area contributed by atoms with Crippen molar-refractivity contribution in [2.24, 2.45) is 11.5 Å². The molecule has 3 atom stereocenters. The van der Waals surface area contributed by atoms with E-state index in [4.69, 9.17) is 31.4 Å². The molecular weight excluding hydrogens is 374 g/mol. The number of esters is 2. The van der Waals surface area contributed by atoms with Crippen LogP contribution in [0.2, 0.25) is 0 Å². The Kier molecular flexibility index (Phi) is 7.03. The van der Waals surface area contributed by atoms with Gasteiger partial charge in [0.1, 0.15) is 25.4 Å². The Balaban J connectivity index is 2.01. The fourth-order valence-corrected chi connectivity index (χ4v) is 2.04. The SMILES string of the molecule is C[C@H](N)C(=O)OCC(COCn1cnc2c(=O)[nH]c(N)nc21)OC(=O)[C@H](C)N. The van der Waals surface area contributed by atoms with Crippen LogP contribution in [-0.2, 0) is 30.5 Å². The fraction of sp³-hybridized carbons (Fsp3) is 0.533.